The molecule has 1 saturated carbocycles. The van der Waals surface area contributed by atoms with E-state index in [0.717, 1.165) is 43.5 Å². The third kappa shape index (κ3) is 4.11. The second-order valence-electron chi connectivity index (χ2n) is 9.62. The Hall–Kier alpha value is -1.95. The van der Waals surface area contributed by atoms with Gasteiger partial charge >= 0.3 is 0 Å². The van der Waals surface area contributed by atoms with Gasteiger partial charge in [0.15, 0.2) is 0 Å². The number of rotatable bonds is 4. The number of hydrogen-bond acceptors (Lipinski definition) is 3. The molecule has 1 N–H and O–H groups in total. The number of nitrogens with one attached hydrogen (secondary N) is 1. The fourth-order valence-electron chi connectivity index (χ4n) is 5.73. The van der Waals surface area contributed by atoms with Crippen molar-refractivity contribution in [2.45, 2.75) is 77.4 Å². The largest absolute Gasteiger partial charge is 0.341 e. The third-order valence-corrected chi connectivity index (χ3v) is 7.46. The van der Waals surface area contributed by atoms with Crippen LogP contribution in [0.4, 0.5) is 10.1 Å². The number of hydrogen-bond donors (Lipinski definition) is 1. The lowest BCUT2D eigenvalue weighted by atomic mass is 9.79. The Bertz CT molecular complexity index is 796. The van der Waals surface area contributed by atoms with Crippen molar-refractivity contribution in [2.75, 3.05) is 18.0 Å². The molecule has 1 atom stereocenters. The average Bonchev–Trinajstić information content (AvgIpc) is 2.99. The minimum Gasteiger partial charge on any atom is -0.341 e. The maximum Gasteiger partial charge on any atom is 0.254 e. The normalized spacial score (nSPS) is 28.1. The molecule has 5 nitrogen and oxygen atoms in total. The molecule has 2 heterocycles. The number of amides is 2. The smallest absolute Gasteiger partial charge is 0.254 e. The van der Waals surface area contributed by atoms with Crippen molar-refractivity contribution < 1.29 is 14.0 Å². The molecule has 1 aromatic carbocycles. The maximum atomic E-state index is 13.9. The second-order valence-corrected chi connectivity index (χ2v) is 9.62. The van der Waals surface area contributed by atoms with E-state index in [1.807, 2.05) is 4.90 Å². The topological polar surface area (TPSA) is 52.7 Å². The van der Waals surface area contributed by atoms with E-state index in [1.165, 1.54) is 44.7 Å². The SMILES string of the molecule is CC(=O)NC1C(=O)N(C2CCN(C3CCC(C(C)C)CC3)CC2)c2ccc(F)cc21. The molecule has 1 unspecified atom stereocenters. The summed E-state index contributed by atoms with van der Waals surface area (Å²) in [6, 6.07) is 4.46. The van der Waals surface area contributed by atoms with Gasteiger partial charge < -0.3 is 15.1 Å². The molecule has 2 amide bonds. The van der Waals surface area contributed by atoms with Crippen molar-refractivity contribution in [1.29, 1.82) is 0 Å². The van der Waals surface area contributed by atoms with Crippen molar-refractivity contribution in [1.82, 2.24) is 10.2 Å². The van der Waals surface area contributed by atoms with Crippen molar-refractivity contribution in [3.8, 4) is 0 Å². The predicted octanol–water partition coefficient (Wildman–Crippen LogP) is 4.03. The van der Waals surface area contributed by atoms with Gasteiger partial charge in [-0.1, -0.05) is 13.8 Å². The molecule has 0 bridgehead atoms. The Balaban J connectivity index is 1.42. The Morgan fingerprint density at radius 3 is 2.33 bits per heavy atom. The van der Waals surface area contributed by atoms with E-state index >= 15 is 0 Å². The number of carbonyl (C=O) groups excluding carboxylic acids is 2. The van der Waals surface area contributed by atoms with Crippen LogP contribution in [0.3, 0.4) is 0 Å². The minimum atomic E-state index is -0.780. The highest BCUT2D eigenvalue weighted by atomic mass is 19.1. The lowest BCUT2D eigenvalue weighted by molar-refractivity contribution is -0.126. The van der Waals surface area contributed by atoms with Crippen LogP contribution in [0.5, 0.6) is 0 Å². The summed E-state index contributed by atoms with van der Waals surface area (Å²) in [5.41, 5.74) is 1.32. The first-order valence-electron chi connectivity index (χ1n) is 11.5. The van der Waals surface area contributed by atoms with Crippen LogP contribution in [-0.4, -0.2) is 41.9 Å². The van der Waals surface area contributed by atoms with E-state index in [9.17, 15) is 14.0 Å². The summed E-state index contributed by atoms with van der Waals surface area (Å²) in [7, 11) is 0. The molecule has 0 spiro atoms. The van der Waals surface area contributed by atoms with Crippen molar-refractivity contribution in [3.05, 3.63) is 29.6 Å². The molecular weight excluding hydrogens is 381 g/mol. The van der Waals surface area contributed by atoms with Crippen LogP contribution < -0.4 is 10.2 Å². The highest BCUT2D eigenvalue weighted by molar-refractivity contribution is 6.06. The first-order chi connectivity index (χ1) is 14.3. The molecule has 1 aromatic rings. The van der Waals surface area contributed by atoms with Crippen LogP contribution in [0.15, 0.2) is 18.2 Å². The quantitative estimate of drug-likeness (QED) is 0.808. The molecule has 2 aliphatic heterocycles. The summed E-state index contributed by atoms with van der Waals surface area (Å²) in [4.78, 5) is 29.2. The maximum absolute atomic E-state index is 13.9. The lowest BCUT2D eigenvalue weighted by Crippen LogP contribution is -2.50. The molecule has 1 aliphatic carbocycles. The number of fused-ring (bicyclic) bond motifs is 1. The number of benzene rings is 1. The molecule has 0 aromatic heterocycles. The zero-order valence-electron chi connectivity index (χ0n) is 18.4. The van der Waals surface area contributed by atoms with Gasteiger partial charge in [0.1, 0.15) is 11.9 Å². The van der Waals surface area contributed by atoms with Gasteiger partial charge in [0, 0.05) is 37.7 Å². The summed E-state index contributed by atoms with van der Waals surface area (Å²) >= 11 is 0. The van der Waals surface area contributed by atoms with Gasteiger partial charge in [-0.3, -0.25) is 9.59 Å². The zero-order chi connectivity index (χ0) is 21.4. The molecule has 2 fully saturated rings. The van der Waals surface area contributed by atoms with Gasteiger partial charge in [-0.05, 0) is 68.6 Å². The third-order valence-electron chi connectivity index (χ3n) is 7.46. The average molecular weight is 416 g/mol. The molecule has 164 valence electrons. The van der Waals surface area contributed by atoms with E-state index in [4.69, 9.17) is 0 Å². The Labute approximate surface area is 179 Å². The molecule has 30 heavy (non-hydrogen) atoms. The summed E-state index contributed by atoms with van der Waals surface area (Å²) in [6.07, 6.45) is 7.04. The molecule has 1 saturated heterocycles. The van der Waals surface area contributed by atoms with Gasteiger partial charge in [-0.25, -0.2) is 4.39 Å². The zero-order valence-corrected chi connectivity index (χ0v) is 18.4. The van der Waals surface area contributed by atoms with Crippen molar-refractivity contribution in [2.24, 2.45) is 11.8 Å². The highest BCUT2D eigenvalue weighted by Gasteiger charge is 2.42. The standard InChI is InChI=1S/C24H34FN3O2/c1-15(2)17-4-7-19(8-5-17)27-12-10-20(11-13-27)28-22-9-6-18(25)14-21(22)23(24(28)30)26-16(3)29/h6,9,14-15,17,19-20,23H,4-5,7-8,10-13H2,1-3H3,(H,26,29). The number of carbonyl (C=O) groups is 2. The van der Waals surface area contributed by atoms with Crippen LogP contribution in [0.1, 0.15) is 70.9 Å². The van der Waals surface area contributed by atoms with Gasteiger partial charge in [0.05, 0.1) is 5.69 Å². The predicted molar refractivity (Wildman–Crippen MR) is 116 cm³/mol. The van der Waals surface area contributed by atoms with Gasteiger partial charge in [-0.2, -0.15) is 0 Å². The summed E-state index contributed by atoms with van der Waals surface area (Å²) in [5, 5.41) is 2.71. The van der Waals surface area contributed by atoms with Crippen LogP contribution in [-0.2, 0) is 9.59 Å². The number of nitrogens with zero attached hydrogens (tertiary/aromatic N) is 2. The highest BCUT2D eigenvalue weighted by Crippen LogP contribution is 2.40. The van der Waals surface area contributed by atoms with Crippen molar-refractivity contribution >= 4 is 17.5 Å². The summed E-state index contributed by atoms with van der Waals surface area (Å²) < 4.78 is 13.9. The molecule has 6 heteroatoms. The summed E-state index contributed by atoms with van der Waals surface area (Å²) in [6.45, 7) is 8.05. The molecular formula is C24H34FN3O2. The monoisotopic (exact) mass is 415 g/mol. The van der Waals surface area contributed by atoms with Crippen molar-refractivity contribution in [3.63, 3.8) is 0 Å². The Morgan fingerprint density at radius 2 is 1.73 bits per heavy atom. The number of halogens is 1. The summed E-state index contributed by atoms with van der Waals surface area (Å²) in [5.74, 6) is 0.840. The van der Waals surface area contributed by atoms with Crippen LogP contribution in [0.25, 0.3) is 0 Å². The Morgan fingerprint density at radius 1 is 1.07 bits per heavy atom. The van der Waals surface area contributed by atoms with E-state index in [2.05, 4.69) is 24.1 Å². The van der Waals surface area contributed by atoms with Crippen LogP contribution >= 0.6 is 0 Å². The number of likely N-dealkylation sites (tertiary alicyclic amines) is 1. The van der Waals surface area contributed by atoms with Gasteiger partial charge in [0.25, 0.3) is 5.91 Å². The molecule has 0 radical (unpaired) electrons. The first-order valence-corrected chi connectivity index (χ1v) is 11.5. The van der Waals surface area contributed by atoms with Crippen LogP contribution in [0.2, 0.25) is 0 Å². The first kappa shape index (κ1) is 21.3. The fourth-order valence-corrected chi connectivity index (χ4v) is 5.73. The minimum absolute atomic E-state index is 0.101. The Kier molecular flexibility index (Phi) is 6.14. The van der Waals surface area contributed by atoms with Gasteiger partial charge in [0.2, 0.25) is 5.91 Å². The van der Waals surface area contributed by atoms with E-state index in [0.29, 0.717) is 11.6 Å². The molecule has 3 aliphatic rings. The fraction of sp³-hybridized carbons (Fsp3) is 0.667. The van der Waals surface area contributed by atoms with Crippen LogP contribution in [0, 0.1) is 17.7 Å². The van der Waals surface area contributed by atoms with E-state index < -0.39 is 6.04 Å². The number of anilines is 1. The lowest BCUT2D eigenvalue weighted by Gasteiger charge is -2.43. The van der Waals surface area contributed by atoms with E-state index in [1.54, 1.807) is 6.07 Å². The van der Waals surface area contributed by atoms with Gasteiger partial charge in [-0.15, -0.1) is 0 Å². The second kappa shape index (κ2) is 8.66. The molecule has 4 rings (SSSR count). The van der Waals surface area contributed by atoms with E-state index in [-0.39, 0.29) is 23.7 Å². The number of piperidine rings is 1.